The minimum Gasteiger partial charge on any atom is -0.508 e. The van der Waals surface area contributed by atoms with Crippen molar-refractivity contribution in [2.45, 2.75) is 83.2 Å². The second-order valence-corrected chi connectivity index (χ2v) is 10.5. The minimum absolute atomic E-state index is 0.130. The third-order valence-electron chi connectivity index (χ3n) is 9.38. The molecule has 0 amide bonds. The van der Waals surface area contributed by atoms with Crippen molar-refractivity contribution in [1.82, 2.24) is 0 Å². The fraction of sp³-hybridized carbons (Fsp3) is 0.720. The first-order chi connectivity index (χ1) is 13.4. The maximum absolute atomic E-state index is 12.3. The molecule has 0 bridgehead atoms. The van der Waals surface area contributed by atoms with Crippen molar-refractivity contribution in [1.29, 1.82) is 0 Å². The number of carbonyl (C=O) groups excluding carboxylic acids is 1. The summed E-state index contributed by atoms with van der Waals surface area (Å²) >= 11 is 0. The van der Waals surface area contributed by atoms with Gasteiger partial charge in [0.1, 0.15) is 11.5 Å². The Labute approximate surface area is 168 Å². The number of hydrogen-bond donors (Lipinski definition) is 2. The summed E-state index contributed by atoms with van der Waals surface area (Å²) in [5.74, 6) is 3.20. The molecule has 3 saturated carbocycles. The Balaban J connectivity index is 1.57. The second-order valence-electron chi connectivity index (χ2n) is 10.5. The molecule has 1 aromatic rings. The number of phenols is 1. The van der Waals surface area contributed by atoms with E-state index >= 15 is 0 Å². The van der Waals surface area contributed by atoms with Crippen LogP contribution in [0.5, 0.6) is 5.75 Å². The van der Waals surface area contributed by atoms with E-state index in [0.29, 0.717) is 48.2 Å². The predicted molar refractivity (Wildman–Crippen MR) is 109 cm³/mol. The van der Waals surface area contributed by atoms with Gasteiger partial charge < -0.3 is 10.2 Å². The van der Waals surface area contributed by atoms with Gasteiger partial charge in [-0.3, -0.25) is 4.79 Å². The molecule has 5 rings (SSSR count). The van der Waals surface area contributed by atoms with E-state index in [2.05, 4.69) is 19.9 Å². The number of carbonyl (C=O) groups is 1. The molecule has 4 aliphatic rings. The number of hydrogen-bond acceptors (Lipinski definition) is 3. The van der Waals surface area contributed by atoms with Crippen molar-refractivity contribution in [3.63, 3.8) is 0 Å². The Bertz CT molecular complexity index is 801. The van der Waals surface area contributed by atoms with Gasteiger partial charge in [-0.1, -0.05) is 32.8 Å². The molecule has 1 aromatic carbocycles. The average molecular weight is 383 g/mol. The van der Waals surface area contributed by atoms with Crippen LogP contribution in [-0.2, 0) is 11.2 Å². The Morgan fingerprint density at radius 3 is 2.86 bits per heavy atom. The van der Waals surface area contributed by atoms with Gasteiger partial charge in [0, 0.05) is 18.3 Å². The van der Waals surface area contributed by atoms with Crippen molar-refractivity contribution < 1.29 is 15.0 Å². The van der Waals surface area contributed by atoms with E-state index in [4.69, 9.17) is 0 Å². The van der Waals surface area contributed by atoms with Crippen LogP contribution in [0.2, 0.25) is 0 Å². The summed E-state index contributed by atoms with van der Waals surface area (Å²) in [6.07, 6.45) is 8.55. The van der Waals surface area contributed by atoms with E-state index in [9.17, 15) is 15.0 Å². The van der Waals surface area contributed by atoms with Crippen LogP contribution in [0.4, 0.5) is 0 Å². The van der Waals surface area contributed by atoms with Crippen molar-refractivity contribution in [3.8, 4) is 5.75 Å². The van der Waals surface area contributed by atoms with Crippen LogP contribution in [0.3, 0.4) is 0 Å². The molecule has 3 fully saturated rings. The summed E-state index contributed by atoms with van der Waals surface area (Å²) < 4.78 is 0. The van der Waals surface area contributed by atoms with Gasteiger partial charge in [-0.2, -0.15) is 0 Å². The quantitative estimate of drug-likeness (QED) is 0.758. The highest BCUT2D eigenvalue weighted by Gasteiger charge is 2.67. The third-order valence-corrected chi connectivity index (χ3v) is 9.38. The van der Waals surface area contributed by atoms with Crippen LogP contribution in [-0.4, -0.2) is 21.6 Å². The number of rotatable bonds is 2. The van der Waals surface area contributed by atoms with E-state index in [0.717, 1.165) is 32.1 Å². The van der Waals surface area contributed by atoms with E-state index in [-0.39, 0.29) is 11.2 Å². The lowest BCUT2D eigenvalue weighted by molar-refractivity contribution is -0.156. The molecule has 2 N–H and O–H groups in total. The summed E-state index contributed by atoms with van der Waals surface area (Å²) in [5, 5.41) is 21.8. The maximum atomic E-state index is 12.3. The van der Waals surface area contributed by atoms with Gasteiger partial charge in [-0.15, -0.1) is 0 Å². The Morgan fingerprint density at radius 1 is 1.25 bits per heavy atom. The van der Waals surface area contributed by atoms with Crippen molar-refractivity contribution in [2.75, 3.05) is 0 Å². The molecule has 3 heteroatoms. The lowest BCUT2D eigenvalue weighted by atomic mass is 9.49. The van der Waals surface area contributed by atoms with Gasteiger partial charge in [-0.05, 0) is 85.0 Å². The first kappa shape index (κ1) is 18.7. The topological polar surface area (TPSA) is 57.5 Å². The first-order valence-corrected chi connectivity index (χ1v) is 11.4. The zero-order valence-corrected chi connectivity index (χ0v) is 17.3. The summed E-state index contributed by atoms with van der Waals surface area (Å²) in [7, 11) is 0. The molecule has 0 radical (unpaired) electrons. The lowest BCUT2D eigenvalue weighted by Gasteiger charge is -2.56. The Hall–Kier alpha value is -1.35. The molecular weight excluding hydrogens is 348 g/mol. The number of benzene rings is 1. The molecule has 0 heterocycles. The summed E-state index contributed by atoms with van der Waals surface area (Å²) in [6.45, 7) is 4.58. The van der Waals surface area contributed by atoms with Gasteiger partial charge in [0.05, 0.1) is 5.60 Å². The molecule has 0 aliphatic heterocycles. The molecule has 0 spiro atoms. The van der Waals surface area contributed by atoms with Gasteiger partial charge in [0.2, 0.25) is 0 Å². The molecule has 7 atom stereocenters. The van der Waals surface area contributed by atoms with Crippen LogP contribution in [0, 0.1) is 29.1 Å². The van der Waals surface area contributed by atoms with Crippen LogP contribution in [0.15, 0.2) is 18.2 Å². The molecular formula is C25H34O3. The van der Waals surface area contributed by atoms with Crippen molar-refractivity contribution in [3.05, 3.63) is 29.3 Å². The number of Topliss-reactive ketones (excluding diaryl/α,β-unsaturated/α-hetero) is 1. The summed E-state index contributed by atoms with van der Waals surface area (Å²) in [6, 6.07) is 6.00. The second kappa shape index (κ2) is 6.32. The van der Waals surface area contributed by atoms with Gasteiger partial charge in [0.25, 0.3) is 0 Å². The number of aromatic hydroxyl groups is 1. The molecule has 28 heavy (non-hydrogen) atoms. The number of fused-ring (bicyclic) bond motifs is 7. The highest BCUT2D eigenvalue weighted by Crippen LogP contribution is 2.69. The van der Waals surface area contributed by atoms with Crippen LogP contribution >= 0.6 is 0 Å². The van der Waals surface area contributed by atoms with Gasteiger partial charge in [0.15, 0.2) is 0 Å². The molecule has 0 saturated heterocycles. The summed E-state index contributed by atoms with van der Waals surface area (Å²) in [5.41, 5.74) is 1.86. The smallest absolute Gasteiger partial charge is 0.135 e. The van der Waals surface area contributed by atoms with E-state index in [1.165, 1.54) is 24.0 Å². The highest BCUT2D eigenvalue weighted by atomic mass is 16.3. The highest BCUT2D eigenvalue weighted by molar-refractivity contribution is 5.80. The van der Waals surface area contributed by atoms with Gasteiger partial charge >= 0.3 is 0 Å². The van der Waals surface area contributed by atoms with Gasteiger partial charge in [-0.25, -0.2) is 0 Å². The SMILES string of the molecule is CCC[C@@H]1Cc2cc(O)ccc2C2CC[C@@]3(C)C(C[C@H]4CCC(=O)CC43O)C21. The van der Waals surface area contributed by atoms with Crippen LogP contribution in [0.1, 0.15) is 82.3 Å². The fourth-order valence-corrected chi connectivity index (χ4v) is 8.12. The van der Waals surface area contributed by atoms with Crippen molar-refractivity contribution in [2.24, 2.45) is 29.1 Å². The Morgan fingerprint density at radius 2 is 2.07 bits per heavy atom. The zero-order valence-electron chi connectivity index (χ0n) is 17.3. The molecule has 3 nitrogen and oxygen atoms in total. The molecule has 0 aromatic heterocycles. The van der Waals surface area contributed by atoms with E-state index in [1.54, 1.807) is 0 Å². The standard InChI is InChI=1S/C25H34O3/c1-3-4-15-11-16-12-18(26)7-8-20(16)21-9-10-24(2)22(23(15)21)13-17-5-6-19(27)14-25(17,24)28/h7-8,12,15,17,21-23,26,28H,3-6,9-11,13-14H2,1-2H3/t15-,17-,21?,22?,23?,24+,25?/m1/s1. The number of phenolic OH excluding ortho intramolecular Hbond substituents is 1. The van der Waals surface area contributed by atoms with Crippen LogP contribution < -0.4 is 0 Å². The van der Waals surface area contributed by atoms with Crippen LogP contribution in [0.25, 0.3) is 0 Å². The molecule has 4 unspecified atom stereocenters. The molecule has 4 aliphatic carbocycles. The lowest BCUT2D eigenvalue weighted by Crippen LogP contribution is -2.56. The summed E-state index contributed by atoms with van der Waals surface area (Å²) in [4.78, 5) is 12.3. The number of aliphatic hydroxyl groups is 1. The normalized spacial score (nSPS) is 44.4. The van der Waals surface area contributed by atoms with Crippen molar-refractivity contribution >= 4 is 5.78 Å². The maximum Gasteiger partial charge on any atom is 0.135 e. The minimum atomic E-state index is -0.788. The van der Waals surface area contributed by atoms with E-state index in [1.807, 2.05) is 12.1 Å². The zero-order chi connectivity index (χ0) is 19.7. The third kappa shape index (κ3) is 2.41. The molecule has 152 valence electrons. The Kier molecular flexibility index (Phi) is 4.21. The first-order valence-electron chi connectivity index (χ1n) is 11.4. The largest absolute Gasteiger partial charge is 0.508 e. The number of ketones is 1. The van der Waals surface area contributed by atoms with E-state index < -0.39 is 5.60 Å². The predicted octanol–water partition coefficient (Wildman–Crippen LogP) is 4.98. The fourth-order valence-electron chi connectivity index (χ4n) is 8.12. The average Bonchev–Trinajstić information content (AvgIpc) is 2.88. The monoisotopic (exact) mass is 382 g/mol.